The molecule has 0 fully saturated rings. The molecule has 16 aromatic rings. The van der Waals surface area contributed by atoms with Gasteiger partial charge in [-0.15, -0.1) is 0 Å². The summed E-state index contributed by atoms with van der Waals surface area (Å²) in [6.45, 7) is 0. The molecule has 0 aliphatic heterocycles. The van der Waals surface area contributed by atoms with Crippen LogP contribution in [0.5, 0.6) is 0 Å². The van der Waals surface area contributed by atoms with E-state index in [1.165, 1.54) is 98.0 Å². The van der Waals surface area contributed by atoms with E-state index in [0.717, 1.165) is 67.1 Å². The van der Waals surface area contributed by atoms with Gasteiger partial charge in [0.15, 0.2) is 0 Å². The van der Waals surface area contributed by atoms with Gasteiger partial charge in [-0.25, -0.2) is 9.97 Å². The summed E-state index contributed by atoms with van der Waals surface area (Å²) >= 11 is 0. The molecule has 0 N–H and O–H groups in total. The lowest BCUT2D eigenvalue weighted by atomic mass is 9.81. The molecule has 2 aromatic heterocycles. The highest BCUT2D eigenvalue weighted by atomic mass is 15.1. The molecule has 4 heteroatoms. The third-order valence-electron chi connectivity index (χ3n) is 16.9. The maximum absolute atomic E-state index is 5.17. The van der Waals surface area contributed by atoms with E-state index in [-0.39, 0.29) is 0 Å². The van der Waals surface area contributed by atoms with Crippen LogP contribution in [0.3, 0.4) is 0 Å². The lowest BCUT2D eigenvalue weighted by Gasteiger charge is -2.22. The Labute approximate surface area is 462 Å². The molecule has 0 atom stereocenters. The van der Waals surface area contributed by atoms with Crippen molar-refractivity contribution in [2.24, 2.45) is 14.1 Å². The van der Waals surface area contributed by atoms with Gasteiger partial charge in [0.25, 0.3) is 0 Å². The second-order valence-corrected chi connectivity index (χ2v) is 21.4. The van der Waals surface area contributed by atoms with Gasteiger partial charge in [-0.1, -0.05) is 218 Å². The highest BCUT2D eigenvalue weighted by molar-refractivity contribution is 6.28. The molecule has 0 saturated heterocycles. The van der Waals surface area contributed by atoms with Crippen molar-refractivity contribution < 1.29 is 0 Å². The second kappa shape index (κ2) is 18.1. The average molecular weight is 1020 g/mol. The Bertz CT molecular complexity index is 4880. The molecule has 0 aliphatic carbocycles. The molecule has 0 bridgehead atoms. The van der Waals surface area contributed by atoms with Crippen LogP contribution in [0.15, 0.2) is 267 Å². The minimum absolute atomic E-state index is 0.948. The van der Waals surface area contributed by atoms with Gasteiger partial charge in [0, 0.05) is 25.2 Å². The van der Waals surface area contributed by atoms with Crippen molar-refractivity contribution >= 4 is 86.7 Å². The third-order valence-corrected chi connectivity index (χ3v) is 16.9. The monoisotopic (exact) mass is 1020 g/mol. The number of fused-ring (bicyclic) bond motifs is 8. The van der Waals surface area contributed by atoms with Gasteiger partial charge < -0.3 is 9.13 Å². The van der Waals surface area contributed by atoms with Crippen molar-refractivity contribution in [3.05, 3.63) is 267 Å². The van der Waals surface area contributed by atoms with E-state index in [1.807, 2.05) is 0 Å². The zero-order valence-electron chi connectivity index (χ0n) is 44.2. The Hall–Kier alpha value is -10.4. The molecule has 0 radical (unpaired) electrons. The van der Waals surface area contributed by atoms with Gasteiger partial charge in [-0.05, 0) is 169 Å². The first-order chi connectivity index (χ1) is 39.5. The van der Waals surface area contributed by atoms with Crippen molar-refractivity contribution in [3.63, 3.8) is 0 Å². The summed E-state index contributed by atoms with van der Waals surface area (Å²) < 4.78 is 4.47. The summed E-state index contributed by atoms with van der Waals surface area (Å²) in [5.41, 5.74) is 18.1. The van der Waals surface area contributed by atoms with Crippen molar-refractivity contribution in [3.8, 4) is 78.4 Å². The SMILES string of the molecule is Cn1c(-c2ccccc2)nc2ccc(-c3cccc4c(-c5c6cccc(-c7ccc8ccccc8c7)c6cc6c(-c7ccc8ccccc8c7)cccc56)c5cccc(-c6ccc7nc(-c8ccccc8)n(C)c7c6)c5cc34)cc21. The number of imidazole rings is 2. The van der Waals surface area contributed by atoms with Crippen molar-refractivity contribution in [2.45, 2.75) is 0 Å². The standard InChI is InChI=1S/C76H50N4/c1-79-71-43-55(37-39-69(71)77-75(79)49-19-5-3-6-20-49)59-27-15-31-63-67(59)46-68-60(56-38-40-70-72(44-56)80(2)76(78-70)50-21-7-4-8-22-50)28-16-32-64(68)74(63)73-61-29-13-25-57(53-35-33-47-17-9-11-23-51(47)41-53)65(61)45-66-58(26-14-30-62(66)73)54-36-34-48-18-10-12-24-52(48)42-54/h3-46H,1-2H3. The van der Waals surface area contributed by atoms with Crippen LogP contribution in [0, 0.1) is 0 Å². The fraction of sp³-hybridized carbons (Fsp3) is 0.0263. The zero-order chi connectivity index (χ0) is 53.0. The molecule has 0 amide bonds. The van der Waals surface area contributed by atoms with Crippen LogP contribution in [0.2, 0.25) is 0 Å². The predicted octanol–water partition coefficient (Wildman–Crippen LogP) is 20.0. The third kappa shape index (κ3) is 7.23. The van der Waals surface area contributed by atoms with E-state index in [4.69, 9.17) is 9.97 Å². The largest absolute Gasteiger partial charge is 0.327 e. The molecule has 0 spiro atoms. The highest BCUT2D eigenvalue weighted by Crippen LogP contribution is 2.50. The molecule has 80 heavy (non-hydrogen) atoms. The lowest BCUT2D eigenvalue weighted by Crippen LogP contribution is -1.95. The Morgan fingerprint density at radius 3 is 0.938 bits per heavy atom. The predicted molar refractivity (Wildman–Crippen MR) is 338 cm³/mol. The molecule has 4 nitrogen and oxygen atoms in total. The molecular weight excluding hydrogens is 969 g/mol. The Morgan fingerprint density at radius 2 is 0.562 bits per heavy atom. The summed E-state index contributed by atoms with van der Waals surface area (Å²) in [5.74, 6) is 1.90. The van der Waals surface area contributed by atoms with Crippen molar-refractivity contribution in [2.75, 3.05) is 0 Å². The van der Waals surface area contributed by atoms with Crippen LogP contribution in [0.4, 0.5) is 0 Å². The van der Waals surface area contributed by atoms with Gasteiger partial charge in [0.2, 0.25) is 0 Å². The first-order valence-electron chi connectivity index (χ1n) is 27.5. The fourth-order valence-electron chi connectivity index (χ4n) is 13.0. The van der Waals surface area contributed by atoms with E-state index in [0.29, 0.717) is 0 Å². The summed E-state index contributed by atoms with van der Waals surface area (Å²) in [6.07, 6.45) is 0. The molecule has 14 aromatic carbocycles. The molecule has 0 saturated carbocycles. The van der Waals surface area contributed by atoms with Gasteiger partial charge in [0.1, 0.15) is 11.6 Å². The van der Waals surface area contributed by atoms with Crippen molar-refractivity contribution in [1.29, 1.82) is 0 Å². The minimum atomic E-state index is 0.948. The number of rotatable bonds is 7. The normalized spacial score (nSPS) is 11.9. The van der Waals surface area contributed by atoms with Crippen LogP contribution in [0.1, 0.15) is 0 Å². The number of nitrogens with zero attached hydrogens (tertiary/aromatic N) is 4. The van der Waals surface area contributed by atoms with Gasteiger partial charge >= 0.3 is 0 Å². The Balaban J connectivity index is 1.02. The summed E-state index contributed by atoms with van der Waals surface area (Å²) in [4.78, 5) is 10.3. The Morgan fingerprint density at radius 1 is 0.237 bits per heavy atom. The zero-order valence-corrected chi connectivity index (χ0v) is 44.2. The lowest BCUT2D eigenvalue weighted by molar-refractivity contribution is 0.959. The average Bonchev–Trinajstić information content (AvgIpc) is 4.04. The molecule has 0 aliphatic rings. The molecule has 16 rings (SSSR count). The van der Waals surface area contributed by atoms with Gasteiger partial charge in [-0.3, -0.25) is 0 Å². The Kier molecular flexibility index (Phi) is 10.3. The maximum Gasteiger partial charge on any atom is 0.140 e. The van der Waals surface area contributed by atoms with E-state index in [2.05, 4.69) is 290 Å². The number of aryl methyl sites for hydroxylation is 2. The van der Waals surface area contributed by atoms with E-state index >= 15 is 0 Å². The van der Waals surface area contributed by atoms with Crippen LogP contribution < -0.4 is 0 Å². The van der Waals surface area contributed by atoms with Crippen LogP contribution in [-0.4, -0.2) is 19.1 Å². The van der Waals surface area contributed by atoms with Gasteiger partial charge in [-0.2, -0.15) is 0 Å². The smallest absolute Gasteiger partial charge is 0.140 e. The van der Waals surface area contributed by atoms with Crippen molar-refractivity contribution in [1.82, 2.24) is 19.1 Å². The first-order valence-corrected chi connectivity index (χ1v) is 27.5. The molecular formula is C76H50N4. The first kappa shape index (κ1) is 45.7. The van der Waals surface area contributed by atoms with Crippen LogP contribution >= 0.6 is 0 Å². The van der Waals surface area contributed by atoms with E-state index in [9.17, 15) is 0 Å². The summed E-state index contributed by atoms with van der Waals surface area (Å²) in [6, 6.07) is 98.4. The van der Waals surface area contributed by atoms with Crippen LogP contribution in [0.25, 0.3) is 165 Å². The molecule has 374 valence electrons. The molecule has 2 heterocycles. The van der Waals surface area contributed by atoms with Crippen LogP contribution in [-0.2, 0) is 14.1 Å². The highest BCUT2D eigenvalue weighted by Gasteiger charge is 2.23. The topological polar surface area (TPSA) is 35.6 Å². The maximum atomic E-state index is 5.17. The number of aromatic nitrogens is 4. The van der Waals surface area contributed by atoms with Gasteiger partial charge in [0.05, 0.1) is 22.1 Å². The second-order valence-electron chi connectivity index (χ2n) is 21.4. The number of benzene rings is 14. The fourth-order valence-corrected chi connectivity index (χ4v) is 13.0. The summed E-state index contributed by atoms with van der Waals surface area (Å²) in [5, 5.41) is 14.5. The summed E-state index contributed by atoms with van der Waals surface area (Å²) in [7, 11) is 4.27. The van der Waals surface area contributed by atoms with E-state index in [1.54, 1.807) is 0 Å². The minimum Gasteiger partial charge on any atom is -0.327 e. The quantitative estimate of drug-likeness (QED) is 0.149. The molecule has 0 unspecified atom stereocenters. The van der Waals surface area contributed by atoms with E-state index < -0.39 is 0 Å². The number of hydrogen-bond acceptors (Lipinski definition) is 2. The number of hydrogen-bond donors (Lipinski definition) is 0.